The van der Waals surface area contributed by atoms with Crippen molar-refractivity contribution >= 4 is 22.9 Å². The summed E-state index contributed by atoms with van der Waals surface area (Å²) in [6, 6.07) is 18.4. The lowest BCUT2D eigenvalue weighted by Gasteiger charge is -2.22. The molecule has 0 bridgehead atoms. The van der Waals surface area contributed by atoms with Gasteiger partial charge < -0.3 is 19.5 Å². The van der Waals surface area contributed by atoms with Gasteiger partial charge in [0.05, 0.1) is 33.6 Å². The minimum atomic E-state index is -0.392. The molecule has 6 rings (SSSR count). The predicted molar refractivity (Wildman–Crippen MR) is 168 cm³/mol. The van der Waals surface area contributed by atoms with Crippen molar-refractivity contribution in [3.8, 4) is 40.5 Å². The first-order chi connectivity index (χ1) is 21.5. The summed E-state index contributed by atoms with van der Waals surface area (Å²) >= 11 is 1.57. The van der Waals surface area contributed by atoms with E-state index in [2.05, 4.69) is 42.9 Å². The number of methoxy groups -OCH3 is 3. The van der Waals surface area contributed by atoms with Crippen LogP contribution < -0.4 is 19.5 Å². The monoisotopic (exact) mass is 606 g/mol. The van der Waals surface area contributed by atoms with E-state index in [4.69, 9.17) is 14.2 Å². The van der Waals surface area contributed by atoms with Gasteiger partial charge in [-0.3, -0.25) is 4.79 Å². The van der Waals surface area contributed by atoms with Crippen molar-refractivity contribution in [2.75, 3.05) is 26.6 Å². The van der Waals surface area contributed by atoms with E-state index < -0.39 is 5.91 Å². The van der Waals surface area contributed by atoms with Crippen molar-refractivity contribution in [3.05, 3.63) is 93.4 Å². The molecular formula is C33H30N6O4S. The Bertz CT molecular complexity index is 1820. The summed E-state index contributed by atoms with van der Waals surface area (Å²) in [6.45, 7) is 0.431. The van der Waals surface area contributed by atoms with Crippen molar-refractivity contribution in [2.45, 2.75) is 31.7 Å². The van der Waals surface area contributed by atoms with E-state index >= 15 is 0 Å². The van der Waals surface area contributed by atoms with Crippen molar-refractivity contribution in [2.24, 2.45) is 0 Å². The summed E-state index contributed by atoms with van der Waals surface area (Å²) < 4.78 is 16.4. The van der Waals surface area contributed by atoms with Gasteiger partial charge in [0.15, 0.2) is 5.01 Å². The maximum absolute atomic E-state index is 13.5. The van der Waals surface area contributed by atoms with Gasteiger partial charge in [-0.2, -0.15) is 4.80 Å². The molecule has 3 aromatic carbocycles. The number of ether oxygens (including phenoxy) is 3. The highest BCUT2D eigenvalue weighted by atomic mass is 32.1. The number of tetrazole rings is 1. The quantitative estimate of drug-likeness (QED) is 0.210. The second kappa shape index (κ2) is 13.0. The molecule has 1 fully saturated rings. The molecule has 1 amide bonds. The summed E-state index contributed by atoms with van der Waals surface area (Å²) in [5.41, 5.74) is 4.33. The largest absolute Gasteiger partial charge is 0.497 e. The van der Waals surface area contributed by atoms with Crippen LogP contribution in [-0.4, -0.2) is 52.4 Å². The van der Waals surface area contributed by atoms with Crippen LogP contribution in [0.2, 0.25) is 0 Å². The Hall–Kier alpha value is -5.21. The van der Waals surface area contributed by atoms with Crippen LogP contribution in [0.1, 0.15) is 57.4 Å². The highest BCUT2D eigenvalue weighted by molar-refractivity contribution is 7.10. The maximum atomic E-state index is 13.5. The van der Waals surface area contributed by atoms with Gasteiger partial charge >= 0.3 is 0 Å². The van der Waals surface area contributed by atoms with Gasteiger partial charge in [0.25, 0.3) is 5.91 Å². The van der Waals surface area contributed by atoms with Crippen LogP contribution in [0.15, 0.2) is 66.0 Å². The SMILES string of the molecule is COc1ccc(Cn2nnc(-c3cc(OC)c(C(=O)Nc4cccc(C#Cc5nc(C6CCC6)cs5)c4)c(OC)c3)n2)cc1. The number of nitrogens with zero attached hydrogens (tertiary/aromatic N) is 5. The molecule has 44 heavy (non-hydrogen) atoms. The third-order valence-corrected chi connectivity index (χ3v) is 8.18. The van der Waals surface area contributed by atoms with Crippen molar-refractivity contribution < 1.29 is 19.0 Å². The summed E-state index contributed by atoms with van der Waals surface area (Å²) in [4.78, 5) is 19.7. The Balaban J connectivity index is 1.18. The average Bonchev–Trinajstić information content (AvgIpc) is 3.69. The third-order valence-electron chi connectivity index (χ3n) is 7.41. The number of benzene rings is 3. The van der Waals surface area contributed by atoms with Crippen LogP contribution in [0.25, 0.3) is 11.4 Å². The Labute approximate surface area is 259 Å². The highest BCUT2D eigenvalue weighted by Crippen LogP contribution is 2.37. The van der Waals surface area contributed by atoms with Crippen LogP contribution in [0.3, 0.4) is 0 Å². The highest BCUT2D eigenvalue weighted by Gasteiger charge is 2.23. The lowest BCUT2D eigenvalue weighted by atomic mass is 9.83. The summed E-state index contributed by atoms with van der Waals surface area (Å²) in [5.74, 6) is 8.27. The molecule has 0 aliphatic heterocycles. The van der Waals surface area contributed by atoms with E-state index in [1.807, 2.05) is 42.5 Å². The lowest BCUT2D eigenvalue weighted by Crippen LogP contribution is -2.15. The molecule has 2 heterocycles. The molecule has 5 aromatic rings. The molecule has 0 unspecified atom stereocenters. The molecule has 10 nitrogen and oxygen atoms in total. The second-order valence-corrected chi connectivity index (χ2v) is 11.1. The first kappa shape index (κ1) is 28.9. The molecule has 0 saturated heterocycles. The Kier molecular flexibility index (Phi) is 8.52. The maximum Gasteiger partial charge on any atom is 0.263 e. The van der Waals surface area contributed by atoms with Crippen LogP contribution >= 0.6 is 11.3 Å². The van der Waals surface area contributed by atoms with Crippen molar-refractivity contribution in [3.63, 3.8) is 0 Å². The number of hydrogen-bond donors (Lipinski definition) is 1. The zero-order valence-electron chi connectivity index (χ0n) is 24.5. The molecular weight excluding hydrogens is 576 g/mol. The van der Waals surface area contributed by atoms with E-state index in [1.165, 1.54) is 38.3 Å². The van der Waals surface area contributed by atoms with E-state index in [-0.39, 0.29) is 5.56 Å². The molecule has 1 saturated carbocycles. The molecule has 0 radical (unpaired) electrons. The zero-order valence-corrected chi connectivity index (χ0v) is 25.4. The average molecular weight is 607 g/mol. The smallest absolute Gasteiger partial charge is 0.263 e. The predicted octanol–water partition coefficient (Wildman–Crippen LogP) is 5.79. The Morgan fingerprint density at radius 1 is 1.00 bits per heavy atom. The molecule has 222 valence electrons. The fourth-order valence-electron chi connectivity index (χ4n) is 4.81. The summed E-state index contributed by atoms with van der Waals surface area (Å²) in [6.07, 6.45) is 3.69. The standard InChI is InChI=1S/C33H30N6O4S/c1-41-26-13-10-22(11-14-26)19-39-37-32(36-38-39)24-17-28(42-2)31(29(18-24)43-3)33(40)34-25-9-4-6-21(16-25)12-15-30-35-27(20-44-30)23-7-5-8-23/h4,6,9-11,13-14,16-18,20,23H,5,7-8,19H2,1-3H3,(H,34,40). The normalized spacial score (nSPS) is 12.5. The molecule has 1 aliphatic carbocycles. The molecule has 1 aliphatic rings. The molecule has 0 spiro atoms. The van der Waals surface area contributed by atoms with E-state index in [0.717, 1.165) is 27.6 Å². The molecule has 11 heteroatoms. The molecule has 2 aromatic heterocycles. The number of nitrogens with one attached hydrogen (secondary N) is 1. The van der Waals surface area contributed by atoms with Crippen LogP contribution in [0.5, 0.6) is 17.2 Å². The molecule has 0 atom stereocenters. The summed E-state index contributed by atoms with van der Waals surface area (Å²) in [5, 5.41) is 18.7. The topological polar surface area (TPSA) is 113 Å². The number of carbonyl (C=O) groups is 1. The third kappa shape index (κ3) is 6.40. The van der Waals surface area contributed by atoms with Gasteiger partial charge in [0.2, 0.25) is 5.82 Å². The van der Waals surface area contributed by atoms with Gasteiger partial charge in [-0.05, 0) is 72.0 Å². The van der Waals surface area contributed by atoms with E-state index in [9.17, 15) is 4.79 Å². The Morgan fingerprint density at radius 3 is 2.45 bits per heavy atom. The van der Waals surface area contributed by atoms with Crippen molar-refractivity contribution in [1.82, 2.24) is 25.2 Å². The molecule has 1 N–H and O–H groups in total. The number of rotatable bonds is 9. The minimum absolute atomic E-state index is 0.243. The minimum Gasteiger partial charge on any atom is -0.497 e. The van der Waals surface area contributed by atoms with Crippen LogP contribution in [0.4, 0.5) is 5.69 Å². The van der Waals surface area contributed by atoms with Crippen LogP contribution in [-0.2, 0) is 6.54 Å². The number of hydrogen-bond acceptors (Lipinski definition) is 9. The lowest BCUT2D eigenvalue weighted by molar-refractivity contribution is 0.102. The van der Waals surface area contributed by atoms with Crippen LogP contribution in [0, 0.1) is 11.8 Å². The first-order valence-electron chi connectivity index (χ1n) is 14.1. The number of amides is 1. The van der Waals surface area contributed by atoms with Gasteiger partial charge in [0.1, 0.15) is 22.8 Å². The van der Waals surface area contributed by atoms with E-state index in [1.54, 1.807) is 36.6 Å². The fraction of sp³-hybridized carbons (Fsp3) is 0.242. The number of thiazole rings is 1. The Morgan fingerprint density at radius 2 is 1.77 bits per heavy atom. The summed E-state index contributed by atoms with van der Waals surface area (Å²) in [7, 11) is 4.61. The van der Waals surface area contributed by atoms with Gasteiger partial charge in [-0.25, -0.2) is 4.98 Å². The van der Waals surface area contributed by atoms with E-state index in [0.29, 0.717) is 41.0 Å². The first-order valence-corrected chi connectivity index (χ1v) is 15.0. The fourth-order valence-corrected chi connectivity index (χ4v) is 5.56. The number of carbonyl (C=O) groups excluding carboxylic acids is 1. The van der Waals surface area contributed by atoms with Gasteiger partial charge in [-0.1, -0.05) is 30.5 Å². The van der Waals surface area contributed by atoms with Gasteiger partial charge in [0, 0.05) is 28.1 Å². The number of aromatic nitrogens is 5. The zero-order chi connectivity index (χ0) is 30.5. The van der Waals surface area contributed by atoms with Crippen molar-refractivity contribution in [1.29, 1.82) is 0 Å². The van der Waals surface area contributed by atoms with Gasteiger partial charge in [-0.15, -0.1) is 21.5 Å². The number of anilines is 1. The second-order valence-electron chi connectivity index (χ2n) is 10.2.